The number of rotatable bonds is 8. The largest absolute Gasteiger partial charge is 0.344 e. The highest BCUT2D eigenvalue weighted by Crippen LogP contribution is 2.27. The molecule has 44 heavy (non-hydrogen) atoms. The van der Waals surface area contributed by atoms with E-state index in [9.17, 15) is 0 Å². The molecule has 0 amide bonds. The Hall–Kier alpha value is -3.40. The third kappa shape index (κ3) is 4.63. The van der Waals surface area contributed by atoms with E-state index in [0.717, 1.165) is 51.4 Å². The molecule has 4 nitrogen and oxygen atoms in total. The molecular weight excluding hydrogens is 536 g/mol. The Labute approximate surface area is 265 Å². The Balaban J connectivity index is 2.14. The lowest BCUT2D eigenvalue weighted by atomic mass is 10.0. The van der Waals surface area contributed by atoms with Gasteiger partial charge in [-0.3, -0.25) is 0 Å². The highest BCUT2D eigenvalue weighted by atomic mass is 15.0. The van der Waals surface area contributed by atoms with E-state index < -0.39 is 0 Å². The first-order valence-electron chi connectivity index (χ1n) is 17.4. The normalized spacial score (nSPS) is 14.2. The number of hydrogen-bond acceptors (Lipinski definition) is 0. The second-order valence-electron chi connectivity index (χ2n) is 12.6. The molecule has 0 saturated heterocycles. The smallest absolute Gasteiger partial charge is 0.0465 e. The van der Waals surface area contributed by atoms with Crippen molar-refractivity contribution in [2.24, 2.45) is 28.2 Å². The molecule has 1 aliphatic heterocycles. The van der Waals surface area contributed by atoms with Crippen LogP contribution < -0.4 is 21.4 Å². The highest BCUT2D eigenvalue weighted by Gasteiger charge is 2.22. The summed E-state index contributed by atoms with van der Waals surface area (Å²) in [6, 6.07) is 0. The summed E-state index contributed by atoms with van der Waals surface area (Å²) in [6.07, 6.45) is 18.3. The van der Waals surface area contributed by atoms with Gasteiger partial charge in [0.15, 0.2) is 0 Å². The Kier molecular flexibility index (Phi) is 9.12. The molecule has 0 spiro atoms. The van der Waals surface area contributed by atoms with Crippen LogP contribution >= 0.6 is 0 Å². The lowest BCUT2D eigenvalue weighted by Gasteiger charge is -2.06. The average Bonchev–Trinajstić information content (AvgIpc) is 3.64. The Morgan fingerprint density at radius 2 is 0.477 bits per heavy atom. The van der Waals surface area contributed by atoms with E-state index in [-0.39, 0.29) is 0 Å². The van der Waals surface area contributed by atoms with Crippen LogP contribution in [0.4, 0.5) is 0 Å². The molecule has 0 aromatic carbocycles. The van der Waals surface area contributed by atoms with Gasteiger partial charge in [0.2, 0.25) is 0 Å². The van der Waals surface area contributed by atoms with Gasteiger partial charge in [-0.2, -0.15) is 0 Å². The summed E-state index contributed by atoms with van der Waals surface area (Å²) in [7, 11) is 9.15. The van der Waals surface area contributed by atoms with Gasteiger partial charge in [-0.1, -0.05) is 55.4 Å². The van der Waals surface area contributed by atoms with E-state index >= 15 is 0 Å². The molecule has 0 atom stereocenters. The number of fused-ring (bicyclic) bond motifs is 8. The minimum absolute atomic E-state index is 1.03. The molecular formula is C40H56N4. The van der Waals surface area contributed by atoms with Crippen LogP contribution in [-0.2, 0) is 79.6 Å². The zero-order chi connectivity index (χ0) is 32.0. The second kappa shape index (κ2) is 12.5. The molecule has 4 heteroatoms. The van der Waals surface area contributed by atoms with Crippen LogP contribution in [0, 0.1) is 0 Å². The third-order valence-electron chi connectivity index (χ3n) is 10.7. The summed E-state index contributed by atoms with van der Waals surface area (Å²) in [4.78, 5) is 0. The predicted molar refractivity (Wildman–Crippen MR) is 189 cm³/mol. The standard InChI is InChI=1S/C40H56N4/c1-13-25-26(14-2)34-22-36-29(17-5)30(18-6)38(43(36)11)24-40-32(20-8)31(19-7)39(44(40)12)23-37-28(16-4)27(15-3)35(42(37)10)21-33(25)41(34)9/h21-24H,13-20H2,1-12H3/b33-21-,34-22?,35-21?,36-22?,37-23?,38-24?,39-23-,40-24?. The zero-order valence-electron chi connectivity index (χ0n) is 29.8. The van der Waals surface area contributed by atoms with Crippen LogP contribution in [0.1, 0.15) is 123 Å². The molecule has 5 rings (SSSR count). The molecule has 0 unspecified atom stereocenters. The fourth-order valence-electron chi connectivity index (χ4n) is 8.52. The molecule has 0 aliphatic carbocycles. The van der Waals surface area contributed by atoms with Crippen molar-refractivity contribution in [3.05, 3.63) is 88.7 Å². The summed E-state index contributed by atoms with van der Waals surface area (Å²) in [5.41, 5.74) is 17.3. The van der Waals surface area contributed by atoms with Crippen LogP contribution in [0.2, 0.25) is 0 Å². The van der Waals surface area contributed by atoms with E-state index in [1.807, 2.05) is 0 Å². The maximum atomic E-state index is 2.51. The van der Waals surface area contributed by atoms with Gasteiger partial charge in [-0.25, -0.2) is 0 Å². The van der Waals surface area contributed by atoms with Crippen molar-refractivity contribution < 1.29 is 0 Å². The van der Waals surface area contributed by atoms with E-state index in [2.05, 4.69) is 126 Å². The van der Waals surface area contributed by atoms with Crippen LogP contribution in [0.3, 0.4) is 0 Å². The molecule has 0 radical (unpaired) electrons. The number of hydrogen-bond donors (Lipinski definition) is 0. The molecule has 1 aliphatic rings. The van der Waals surface area contributed by atoms with Gasteiger partial charge in [0.05, 0.1) is 0 Å². The first-order valence-corrected chi connectivity index (χ1v) is 17.4. The van der Waals surface area contributed by atoms with Crippen molar-refractivity contribution in [1.29, 1.82) is 0 Å². The summed E-state index contributed by atoms with van der Waals surface area (Å²) in [5.74, 6) is 0. The van der Waals surface area contributed by atoms with Gasteiger partial charge >= 0.3 is 0 Å². The van der Waals surface area contributed by atoms with Crippen molar-refractivity contribution in [1.82, 2.24) is 18.3 Å². The summed E-state index contributed by atoms with van der Waals surface area (Å²) >= 11 is 0. The summed E-state index contributed by atoms with van der Waals surface area (Å²) < 4.78 is 9.94. The second-order valence-corrected chi connectivity index (χ2v) is 12.6. The fourth-order valence-corrected chi connectivity index (χ4v) is 8.52. The van der Waals surface area contributed by atoms with E-state index in [4.69, 9.17) is 0 Å². The van der Waals surface area contributed by atoms with Crippen molar-refractivity contribution >= 4 is 24.3 Å². The maximum Gasteiger partial charge on any atom is 0.0465 e. The van der Waals surface area contributed by atoms with Gasteiger partial charge in [0.25, 0.3) is 0 Å². The Morgan fingerprint density at radius 3 is 0.636 bits per heavy atom. The third-order valence-corrected chi connectivity index (χ3v) is 10.7. The quantitative estimate of drug-likeness (QED) is 0.237. The molecule has 0 N–H and O–H groups in total. The van der Waals surface area contributed by atoms with E-state index in [0.29, 0.717) is 0 Å². The highest BCUT2D eigenvalue weighted by molar-refractivity contribution is 5.67. The Morgan fingerprint density at radius 1 is 0.295 bits per heavy atom. The molecule has 5 heterocycles. The van der Waals surface area contributed by atoms with Crippen LogP contribution in [0.15, 0.2) is 0 Å². The average molecular weight is 593 g/mol. The first kappa shape index (κ1) is 32.0. The maximum absolute atomic E-state index is 2.51. The van der Waals surface area contributed by atoms with Gasteiger partial charge in [0.1, 0.15) is 0 Å². The molecule has 4 aromatic heterocycles. The van der Waals surface area contributed by atoms with E-state index in [1.165, 1.54) is 88.7 Å². The van der Waals surface area contributed by atoms with Gasteiger partial charge in [-0.15, -0.1) is 0 Å². The topological polar surface area (TPSA) is 19.7 Å². The Bertz CT molecular complexity index is 1700. The minimum Gasteiger partial charge on any atom is -0.344 e. The van der Waals surface area contributed by atoms with Crippen molar-refractivity contribution in [3.63, 3.8) is 0 Å². The molecule has 0 fully saturated rings. The molecule has 8 bridgehead atoms. The number of aromatic nitrogens is 4. The summed E-state index contributed by atoms with van der Waals surface area (Å²) in [5, 5.41) is 5.41. The molecule has 4 aromatic rings. The molecule has 236 valence electrons. The van der Waals surface area contributed by atoms with Crippen LogP contribution in [0.5, 0.6) is 0 Å². The van der Waals surface area contributed by atoms with Crippen LogP contribution in [0.25, 0.3) is 24.3 Å². The lowest BCUT2D eigenvalue weighted by Crippen LogP contribution is -2.26. The monoisotopic (exact) mass is 592 g/mol. The van der Waals surface area contributed by atoms with Gasteiger partial charge in [-0.05, 0) is 120 Å². The number of nitrogens with zero attached hydrogens (tertiary/aromatic N) is 4. The van der Waals surface area contributed by atoms with Crippen LogP contribution in [-0.4, -0.2) is 18.3 Å². The van der Waals surface area contributed by atoms with Crippen molar-refractivity contribution in [3.8, 4) is 0 Å². The zero-order valence-corrected chi connectivity index (χ0v) is 29.8. The molecule has 0 saturated carbocycles. The van der Waals surface area contributed by atoms with Gasteiger partial charge in [0, 0.05) is 72.4 Å². The fraction of sp³-hybridized carbons (Fsp3) is 0.500. The minimum atomic E-state index is 1.03. The lowest BCUT2D eigenvalue weighted by molar-refractivity contribution is 0.827. The SMILES string of the molecule is CCc1c(CC)c2n(C)c1C=c1c(CC)c(CC)/c(n1C)=C/c1c(CC)c(CC)c(n1C)/C=c1/c(CC)c(CC)c(n1C)=C2. The van der Waals surface area contributed by atoms with Gasteiger partial charge < -0.3 is 18.3 Å². The van der Waals surface area contributed by atoms with Crippen molar-refractivity contribution in [2.45, 2.75) is 107 Å². The predicted octanol–water partition coefficient (Wildman–Crippen LogP) is 5.17. The summed E-state index contributed by atoms with van der Waals surface area (Å²) in [6.45, 7) is 18.6. The first-order chi connectivity index (χ1) is 21.2. The van der Waals surface area contributed by atoms with E-state index in [1.54, 1.807) is 0 Å². The van der Waals surface area contributed by atoms with Crippen molar-refractivity contribution in [2.75, 3.05) is 0 Å².